The van der Waals surface area contributed by atoms with Gasteiger partial charge in [-0.3, -0.25) is 9.59 Å². The standard InChI is InChI=1S/C17H32O2.C9H20.C2H4O2.C2H6/c1-12(2)14(19-13(3)18)16(7,8)11-17(9,10)15(4,5)6;1-6-7-9(4,5)8(2)3;1-2(3)4;1-2/h14H,1,11H2,2-10H3;8H,6-7H2,1-5H3;1H3,(H,3,4);1-2H3. The summed E-state index contributed by atoms with van der Waals surface area (Å²) in [5.41, 5.74) is 1.66. The Morgan fingerprint density at radius 1 is 0.853 bits per heavy atom. The van der Waals surface area contributed by atoms with Crippen LogP contribution in [0.2, 0.25) is 0 Å². The Bertz CT molecular complexity index is 571. The number of ether oxygens (including phenoxy) is 1. The van der Waals surface area contributed by atoms with Crippen LogP contribution in [0.1, 0.15) is 137 Å². The lowest BCUT2D eigenvalue weighted by Crippen LogP contribution is -2.41. The first kappa shape index (κ1) is 39.9. The van der Waals surface area contributed by atoms with E-state index in [4.69, 9.17) is 14.6 Å². The lowest BCUT2D eigenvalue weighted by Gasteiger charge is -2.46. The second-order valence-corrected chi connectivity index (χ2v) is 12.5. The largest absolute Gasteiger partial charge is 0.481 e. The van der Waals surface area contributed by atoms with Crippen molar-refractivity contribution in [3.8, 4) is 0 Å². The van der Waals surface area contributed by atoms with Gasteiger partial charge in [-0.05, 0) is 47.5 Å². The van der Waals surface area contributed by atoms with Crippen molar-refractivity contribution in [3.05, 3.63) is 12.2 Å². The highest BCUT2D eigenvalue weighted by Crippen LogP contribution is 2.48. The Labute approximate surface area is 214 Å². The SMILES string of the molecule is C=C(C)C(OC(C)=O)C(C)(C)CC(C)(C)C(C)(C)C.CC.CC(=O)O.CCCC(C)(C)C(C)C. The van der Waals surface area contributed by atoms with Gasteiger partial charge in [-0.2, -0.15) is 0 Å². The fraction of sp³-hybridized carbons (Fsp3) is 0.867. The van der Waals surface area contributed by atoms with Crippen LogP contribution in [0.4, 0.5) is 0 Å². The molecule has 34 heavy (non-hydrogen) atoms. The van der Waals surface area contributed by atoms with Crippen molar-refractivity contribution in [2.75, 3.05) is 0 Å². The Morgan fingerprint density at radius 3 is 1.38 bits per heavy atom. The zero-order valence-corrected chi connectivity index (χ0v) is 26.2. The van der Waals surface area contributed by atoms with E-state index in [1.54, 1.807) is 0 Å². The van der Waals surface area contributed by atoms with Gasteiger partial charge in [0.05, 0.1) is 0 Å². The van der Waals surface area contributed by atoms with Crippen LogP contribution in [0.5, 0.6) is 0 Å². The van der Waals surface area contributed by atoms with E-state index in [-0.39, 0.29) is 28.3 Å². The number of carbonyl (C=O) groups is 2. The molecule has 0 aromatic carbocycles. The summed E-state index contributed by atoms with van der Waals surface area (Å²) in [7, 11) is 0. The highest BCUT2D eigenvalue weighted by Gasteiger charge is 2.42. The minimum atomic E-state index is -0.833. The second-order valence-electron chi connectivity index (χ2n) is 12.5. The molecule has 0 bridgehead atoms. The van der Waals surface area contributed by atoms with Gasteiger partial charge < -0.3 is 9.84 Å². The molecule has 0 radical (unpaired) electrons. The van der Waals surface area contributed by atoms with E-state index >= 15 is 0 Å². The summed E-state index contributed by atoms with van der Waals surface area (Å²) in [6, 6.07) is 0. The molecule has 0 aliphatic carbocycles. The van der Waals surface area contributed by atoms with E-state index in [0.717, 1.165) is 24.8 Å². The van der Waals surface area contributed by atoms with Gasteiger partial charge in [0.25, 0.3) is 5.97 Å². The van der Waals surface area contributed by atoms with Crippen LogP contribution >= 0.6 is 0 Å². The van der Waals surface area contributed by atoms with Gasteiger partial charge in [-0.15, -0.1) is 0 Å². The molecule has 1 atom stereocenters. The van der Waals surface area contributed by atoms with Gasteiger partial charge in [-0.25, -0.2) is 0 Å². The number of aliphatic carboxylic acids is 1. The van der Waals surface area contributed by atoms with Gasteiger partial charge in [0, 0.05) is 19.3 Å². The maximum atomic E-state index is 11.3. The predicted molar refractivity (Wildman–Crippen MR) is 150 cm³/mol. The maximum absolute atomic E-state index is 11.3. The first-order valence-corrected chi connectivity index (χ1v) is 13.0. The van der Waals surface area contributed by atoms with Crippen molar-refractivity contribution >= 4 is 11.9 Å². The minimum absolute atomic E-state index is 0.131. The molecule has 4 nitrogen and oxygen atoms in total. The summed E-state index contributed by atoms with van der Waals surface area (Å²) >= 11 is 0. The highest BCUT2D eigenvalue weighted by atomic mass is 16.5. The van der Waals surface area contributed by atoms with Crippen molar-refractivity contribution in [1.82, 2.24) is 0 Å². The lowest BCUT2D eigenvalue weighted by molar-refractivity contribution is -0.151. The summed E-state index contributed by atoms with van der Waals surface area (Å²) in [5, 5.41) is 7.42. The summed E-state index contributed by atoms with van der Waals surface area (Å²) in [5.74, 6) is -0.257. The first-order chi connectivity index (χ1) is 14.9. The van der Waals surface area contributed by atoms with E-state index in [1.807, 2.05) is 20.8 Å². The van der Waals surface area contributed by atoms with Crippen molar-refractivity contribution in [2.45, 2.75) is 143 Å². The van der Waals surface area contributed by atoms with Gasteiger partial charge in [-0.1, -0.05) is 110 Å². The molecular formula is C30H62O4. The molecule has 0 aliphatic heterocycles. The number of hydrogen-bond acceptors (Lipinski definition) is 3. The number of carboxylic acid groups (broad SMARTS) is 1. The molecule has 206 valence electrons. The third-order valence-electron chi connectivity index (χ3n) is 6.83. The van der Waals surface area contributed by atoms with E-state index in [9.17, 15) is 4.79 Å². The van der Waals surface area contributed by atoms with Gasteiger partial charge in [0.15, 0.2) is 0 Å². The third-order valence-corrected chi connectivity index (χ3v) is 6.83. The predicted octanol–water partition coefficient (Wildman–Crippen LogP) is 9.57. The number of carboxylic acids is 1. The summed E-state index contributed by atoms with van der Waals surface area (Å²) in [6.45, 7) is 39.6. The highest BCUT2D eigenvalue weighted by molar-refractivity contribution is 5.66. The molecule has 0 aromatic rings. The fourth-order valence-electron chi connectivity index (χ4n) is 3.52. The molecule has 1 unspecified atom stereocenters. The van der Waals surface area contributed by atoms with Crippen molar-refractivity contribution in [2.24, 2.45) is 27.6 Å². The van der Waals surface area contributed by atoms with Crippen molar-refractivity contribution in [3.63, 3.8) is 0 Å². The van der Waals surface area contributed by atoms with Gasteiger partial charge in [0.2, 0.25) is 0 Å². The van der Waals surface area contributed by atoms with Crippen LogP contribution < -0.4 is 0 Å². The molecule has 0 spiro atoms. The monoisotopic (exact) mass is 486 g/mol. The minimum Gasteiger partial charge on any atom is -0.481 e. The third kappa shape index (κ3) is 19.0. The molecule has 0 amide bonds. The molecule has 0 fully saturated rings. The van der Waals surface area contributed by atoms with Crippen LogP contribution in [0.3, 0.4) is 0 Å². The molecule has 0 aliphatic rings. The summed E-state index contributed by atoms with van der Waals surface area (Å²) < 4.78 is 5.50. The fourth-order valence-corrected chi connectivity index (χ4v) is 3.52. The van der Waals surface area contributed by atoms with Crippen molar-refractivity contribution < 1.29 is 19.4 Å². The number of rotatable bonds is 8. The Kier molecular flexibility index (Phi) is 20.1. The normalized spacial score (nSPS) is 12.6. The Hall–Kier alpha value is -1.32. The van der Waals surface area contributed by atoms with Gasteiger partial charge in [0.1, 0.15) is 6.10 Å². The average molecular weight is 487 g/mol. The van der Waals surface area contributed by atoms with E-state index < -0.39 is 5.97 Å². The van der Waals surface area contributed by atoms with Crippen LogP contribution in [0.15, 0.2) is 12.2 Å². The molecular weight excluding hydrogens is 424 g/mol. The number of esters is 1. The van der Waals surface area contributed by atoms with Crippen molar-refractivity contribution in [1.29, 1.82) is 0 Å². The maximum Gasteiger partial charge on any atom is 0.303 e. The smallest absolute Gasteiger partial charge is 0.303 e. The van der Waals surface area contributed by atoms with E-state index in [0.29, 0.717) is 5.41 Å². The molecule has 1 N–H and O–H groups in total. The molecule has 0 aromatic heterocycles. The van der Waals surface area contributed by atoms with Crippen LogP contribution in [-0.4, -0.2) is 23.1 Å². The first-order valence-electron chi connectivity index (χ1n) is 13.0. The average Bonchev–Trinajstić information content (AvgIpc) is 2.59. The zero-order chi connectivity index (χ0) is 28.7. The quantitative estimate of drug-likeness (QED) is 0.274. The van der Waals surface area contributed by atoms with Crippen LogP contribution in [-0.2, 0) is 14.3 Å². The lowest BCUT2D eigenvalue weighted by atomic mass is 9.60. The Balaban J connectivity index is -0.000000248. The van der Waals surface area contributed by atoms with E-state index in [2.05, 4.69) is 89.7 Å². The topological polar surface area (TPSA) is 63.6 Å². The van der Waals surface area contributed by atoms with Crippen LogP contribution in [0.25, 0.3) is 0 Å². The Morgan fingerprint density at radius 2 is 1.21 bits per heavy atom. The van der Waals surface area contributed by atoms with Crippen LogP contribution in [0, 0.1) is 27.6 Å². The number of hydrogen-bond donors (Lipinski definition) is 1. The van der Waals surface area contributed by atoms with Gasteiger partial charge >= 0.3 is 5.97 Å². The zero-order valence-electron chi connectivity index (χ0n) is 26.2. The molecule has 0 saturated heterocycles. The summed E-state index contributed by atoms with van der Waals surface area (Å²) in [4.78, 5) is 20.3. The molecule has 0 saturated carbocycles. The number of carbonyl (C=O) groups excluding carboxylic acids is 1. The molecule has 4 heteroatoms. The summed E-state index contributed by atoms with van der Waals surface area (Å²) in [6.07, 6.45) is 3.40. The second kappa shape index (κ2) is 17.2. The molecule has 0 heterocycles. The molecule has 0 rings (SSSR count). The van der Waals surface area contributed by atoms with E-state index in [1.165, 1.54) is 19.8 Å².